The van der Waals surface area contributed by atoms with Crippen LogP contribution in [0.3, 0.4) is 0 Å². The summed E-state index contributed by atoms with van der Waals surface area (Å²) in [4.78, 5) is 0. The van der Waals surface area contributed by atoms with Crippen molar-refractivity contribution in [1.29, 1.82) is 0 Å². The number of aliphatic hydroxyl groups is 1. The second kappa shape index (κ2) is 3.97. The Balaban J connectivity index is 1.83. The van der Waals surface area contributed by atoms with Crippen LogP contribution in [0.4, 0.5) is 0 Å². The Kier molecular flexibility index (Phi) is 2.45. The molecule has 3 nitrogen and oxygen atoms in total. The first-order valence-corrected chi connectivity index (χ1v) is 7.39. The van der Waals surface area contributed by atoms with Crippen LogP contribution < -0.4 is 0 Å². The van der Waals surface area contributed by atoms with Gasteiger partial charge in [-0.2, -0.15) is 5.10 Å². The quantitative estimate of drug-likeness (QED) is 0.836. The fourth-order valence-electron chi connectivity index (χ4n) is 4.22. The third-order valence-corrected chi connectivity index (χ3v) is 5.26. The van der Waals surface area contributed by atoms with E-state index < -0.39 is 5.60 Å². The Labute approximate surface area is 117 Å². The second-order valence-corrected chi connectivity index (χ2v) is 6.61. The topological polar surface area (TPSA) is 48.9 Å². The van der Waals surface area contributed by atoms with Gasteiger partial charge in [-0.15, -0.1) is 0 Å². The van der Waals surface area contributed by atoms with E-state index in [1.165, 1.54) is 19.3 Å². The highest BCUT2D eigenvalue weighted by atomic mass is 35.5. The van der Waals surface area contributed by atoms with Crippen LogP contribution in [0.15, 0.2) is 18.3 Å². The van der Waals surface area contributed by atoms with Crippen LogP contribution in [0.1, 0.15) is 37.7 Å². The second-order valence-electron chi connectivity index (χ2n) is 6.18. The van der Waals surface area contributed by atoms with Crippen molar-refractivity contribution >= 4 is 22.5 Å². The van der Waals surface area contributed by atoms with Gasteiger partial charge >= 0.3 is 0 Å². The number of rotatable bonds is 1. The molecular formula is C15H17ClN2O. The summed E-state index contributed by atoms with van der Waals surface area (Å²) in [6.07, 6.45) is 7.40. The molecular weight excluding hydrogens is 260 g/mol. The fraction of sp³-hybridized carbons (Fsp3) is 0.533. The molecule has 1 heterocycles. The van der Waals surface area contributed by atoms with Crippen molar-refractivity contribution in [3.05, 3.63) is 28.9 Å². The van der Waals surface area contributed by atoms with E-state index in [2.05, 4.69) is 10.2 Å². The first-order valence-electron chi connectivity index (χ1n) is 7.01. The average molecular weight is 277 g/mol. The van der Waals surface area contributed by atoms with Crippen molar-refractivity contribution in [2.45, 2.75) is 37.7 Å². The van der Waals surface area contributed by atoms with E-state index in [1.807, 2.05) is 12.1 Å². The van der Waals surface area contributed by atoms with E-state index in [9.17, 15) is 5.11 Å². The zero-order chi connectivity index (χ0) is 13.0. The number of aromatic nitrogens is 2. The number of H-pyrrole nitrogens is 1. The lowest BCUT2D eigenvalue weighted by Crippen LogP contribution is -2.22. The molecule has 100 valence electrons. The lowest BCUT2D eigenvalue weighted by molar-refractivity contribution is 0.0366. The lowest BCUT2D eigenvalue weighted by atomic mass is 9.87. The van der Waals surface area contributed by atoms with Crippen LogP contribution in [0.25, 0.3) is 10.9 Å². The molecule has 0 saturated heterocycles. The van der Waals surface area contributed by atoms with Crippen molar-refractivity contribution in [2.75, 3.05) is 0 Å². The first-order chi connectivity index (χ1) is 9.16. The number of aromatic amines is 1. The largest absolute Gasteiger partial charge is 0.385 e. The summed E-state index contributed by atoms with van der Waals surface area (Å²) in [5.41, 5.74) is 1.15. The summed E-state index contributed by atoms with van der Waals surface area (Å²) in [7, 11) is 0. The molecule has 1 aromatic heterocycles. The highest BCUT2D eigenvalue weighted by Crippen LogP contribution is 2.53. The fourth-order valence-corrected chi connectivity index (χ4v) is 4.44. The van der Waals surface area contributed by atoms with Crippen LogP contribution in [0.5, 0.6) is 0 Å². The van der Waals surface area contributed by atoms with Gasteiger partial charge in [0.2, 0.25) is 0 Å². The normalized spacial score (nSPS) is 34.0. The maximum absolute atomic E-state index is 11.1. The zero-order valence-corrected chi connectivity index (χ0v) is 11.5. The molecule has 2 unspecified atom stereocenters. The SMILES string of the molecule is OC1(c2cc(Cl)cc3[nH]ncc23)CC2CCC[C@H]2C1. The summed E-state index contributed by atoms with van der Waals surface area (Å²) >= 11 is 6.18. The monoisotopic (exact) mass is 276 g/mol. The minimum atomic E-state index is -0.719. The van der Waals surface area contributed by atoms with Crippen molar-refractivity contribution in [1.82, 2.24) is 10.2 Å². The van der Waals surface area contributed by atoms with Gasteiger partial charge in [0.25, 0.3) is 0 Å². The van der Waals surface area contributed by atoms with E-state index in [4.69, 9.17) is 11.6 Å². The van der Waals surface area contributed by atoms with Gasteiger partial charge in [0.1, 0.15) is 0 Å². The Bertz CT molecular complexity index is 624. The molecule has 1 aromatic carbocycles. The molecule has 2 aliphatic rings. The van der Waals surface area contributed by atoms with Crippen LogP contribution in [-0.2, 0) is 5.60 Å². The Hall–Kier alpha value is -1.06. The van der Waals surface area contributed by atoms with E-state index in [0.29, 0.717) is 16.9 Å². The third kappa shape index (κ3) is 1.72. The highest BCUT2D eigenvalue weighted by Gasteiger charge is 2.47. The molecule has 0 spiro atoms. The van der Waals surface area contributed by atoms with Gasteiger partial charge in [-0.3, -0.25) is 5.10 Å². The lowest BCUT2D eigenvalue weighted by Gasteiger charge is -2.25. The Morgan fingerprint density at radius 3 is 2.74 bits per heavy atom. The van der Waals surface area contributed by atoms with Crippen molar-refractivity contribution < 1.29 is 5.11 Å². The van der Waals surface area contributed by atoms with Gasteiger partial charge < -0.3 is 5.11 Å². The number of hydrogen-bond donors (Lipinski definition) is 2. The minimum absolute atomic E-state index is 0.664. The van der Waals surface area contributed by atoms with Gasteiger partial charge in [-0.05, 0) is 42.4 Å². The summed E-state index contributed by atoms with van der Waals surface area (Å²) in [5.74, 6) is 1.37. The van der Waals surface area contributed by atoms with Crippen LogP contribution in [0.2, 0.25) is 5.02 Å². The molecule has 2 fully saturated rings. The van der Waals surface area contributed by atoms with E-state index in [-0.39, 0.29) is 0 Å². The summed E-state index contributed by atoms with van der Waals surface area (Å²) in [6, 6.07) is 3.78. The average Bonchev–Trinajstić information content (AvgIpc) is 3.01. The molecule has 0 bridgehead atoms. The van der Waals surface area contributed by atoms with E-state index in [1.54, 1.807) is 6.20 Å². The number of benzene rings is 1. The third-order valence-electron chi connectivity index (χ3n) is 5.04. The molecule has 0 amide bonds. The van der Waals surface area contributed by atoms with Gasteiger partial charge in [0.15, 0.2) is 0 Å². The minimum Gasteiger partial charge on any atom is -0.385 e. The Morgan fingerprint density at radius 1 is 1.26 bits per heavy atom. The Morgan fingerprint density at radius 2 is 2.00 bits per heavy atom. The molecule has 2 saturated carbocycles. The predicted molar refractivity (Wildman–Crippen MR) is 75.1 cm³/mol. The molecule has 0 radical (unpaired) electrons. The molecule has 0 aliphatic heterocycles. The number of nitrogens with one attached hydrogen (secondary N) is 1. The molecule has 2 aliphatic carbocycles. The number of hydrogen-bond acceptors (Lipinski definition) is 2. The smallest absolute Gasteiger partial charge is 0.0909 e. The summed E-state index contributed by atoms with van der Waals surface area (Å²) in [6.45, 7) is 0. The first kappa shape index (κ1) is 11.7. The van der Waals surface area contributed by atoms with Crippen molar-refractivity contribution in [3.63, 3.8) is 0 Å². The van der Waals surface area contributed by atoms with Crippen LogP contribution in [0, 0.1) is 11.8 Å². The molecule has 3 atom stereocenters. The van der Waals surface area contributed by atoms with Crippen molar-refractivity contribution in [2.24, 2.45) is 11.8 Å². The van der Waals surface area contributed by atoms with E-state index in [0.717, 1.165) is 29.3 Å². The van der Waals surface area contributed by atoms with Crippen LogP contribution >= 0.6 is 11.6 Å². The van der Waals surface area contributed by atoms with Gasteiger partial charge in [0, 0.05) is 10.4 Å². The van der Waals surface area contributed by atoms with E-state index >= 15 is 0 Å². The maximum Gasteiger partial charge on any atom is 0.0909 e. The molecule has 4 rings (SSSR count). The zero-order valence-electron chi connectivity index (χ0n) is 10.7. The summed E-state index contributed by atoms with van der Waals surface area (Å²) < 4.78 is 0. The number of halogens is 1. The molecule has 2 N–H and O–H groups in total. The maximum atomic E-state index is 11.1. The van der Waals surface area contributed by atoms with Gasteiger partial charge in [-0.25, -0.2) is 0 Å². The molecule has 4 heteroatoms. The molecule has 2 aromatic rings. The summed E-state index contributed by atoms with van der Waals surface area (Å²) in [5, 5.41) is 19.8. The van der Waals surface area contributed by atoms with Crippen LogP contribution in [-0.4, -0.2) is 15.3 Å². The van der Waals surface area contributed by atoms with Gasteiger partial charge in [-0.1, -0.05) is 30.9 Å². The highest BCUT2D eigenvalue weighted by molar-refractivity contribution is 6.31. The van der Waals surface area contributed by atoms with Gasteiger partial charge in [0.05, 0.1) is 17.3 Å². The van der Waals surface area contributed by atoms with Crippen molar-refractivity contribution in [3.8, 4) is 0 Å². The standard InChI is InChI=1S/C15H17ClN2O/c16-11-4-13(12-8-17-18-14(12)5-11)15(19)6-9-2-1-3-10(9)7-15/h4-5,8-10,19H,1-3,6-7H2,(H,17,18)/t9-,10?,15?/m0/s1. The molecule has 19 heavy (non-hydrogen) atoms. The predicted octanol–water partition coefficient (Wildman–Crippen LogP) is 3.61. The number of fused-ring (bicyclic) bond motifs is 2. The number of nitrogens with zero attached hydrogens (tertiary/aromatic N) is 1.